The van der Waals surface area contributed by atoms with E-state index in [2.05, 4.69) is 26.4 Å². The summed E-state index contributed by atoms with van der Waals surface area (Å²) in [5.41, 5.74) is 6.59. The Morgan fingerprint density at radius 1 is 1.38 bits per heavy atom. The molecule has 0 atom stereocenters. The molecule has 0 saturated carbocycles. The average molecular weight is 217 g/mol. The minimum absolute atomic E-state index is 0.511. The van der Waals surface area contributed by atoms with Crippen molar-refractivity contribution in [2.75, 3.05) is 5.73 Å². The molecule has 0 aliphatic heterocycles. The Bertz CT molecular complexity index is 469. The van der Waals surface area contributed by atoms with Crippen LogP contribution in [0, 0.1) is 6.92 Å². The molecule has 84 valence electrons. The van der Waals surface area contributed by atoms with Gasteiger partial charge in [-0.15, -0.1) is 0 Å². The van der Waals surface area contributed by atoms with E-state index in [1.165, 1.54) is 0 Å². The summed E-state index contributed by atoms with van der Waals surface area (Å²) in [6.07, 6.45) is 4.46. The molecule has 2 aromatic rings. The number of hydrogen-bond donors (Lipinski definition) is 1. The number of aryl methyl sites for hydroxylation is 2. The first-order chi connectivity index (χ1) is 7.69. The maximum absolute atomic E-state index is 5.68. The lowest BCUT2D eigenvalue weighted by Gasteiger charge is -2.05. The summed E-state index contributed by atoms with van der Waals surface area (Å²) in [6, 6.07) is 1.79. The molecule has 2 aromatic heterocycles. The van der Waals surface area contributed by atoms with Crippen LogP contribution < -0.4 is 5.73 Å². The maximum atomic E-state index is 5.68. The van der Waals surface area contributed by atoms with Gasteiger partial charge in [0.25, 0.3) is 0 Å². The molecule has 0 radical (unpaired) electrons. The van der Waals surface area contributed by atoms with Crippen LogP contribution >= 0.6 is 0 Å². The maximum Gasteiger partial charge on any atom is 0.127 e. The largest absolute Gasteiger partial charge is 0.384 e. The fourth-order valence-electron chi connectivity index (χ4n) is 1.70. The normalized spacial score (nSPS) is 10.6. The van der Waals surface area contributed by atoms with Crippen LogP contribution in [-0.4, -0.2) is 19.5 Å². The number of rotatable bonds is 3. The Balaban J connectivity index is 2.26. The van der Waals surface area contributed by atoms with E-state index in [1.54, 1.807) is 12.3 Å². The van der Waals surface area contributed by atoms with Crippen molar-refractivity contribution in [2.24, 2.45) is 0 Å². The number of nitrogens with two attached hydrogens (primary N) is 1. The van der Waals surface area contributed by atoms with E-state index in [-0.39, 0.29) is 0 Å². The topological polar surface area (TPSA) is 69.6 Å². The molecule has 0 amide bonds. The zero-order valence-electron chi connectivity index (χ0n) is 9.51. The summed E-state index contributed by atoms with van der Waals surface area (Å²) >= 11 is 0. The Morgan fingerprint density at radius 2 is 2.19 bits per heavy atom. The second-order valence-electron chi connectivity index (χ2n) is 3.64. The van der Waals surface area contributed by atoms with Crippen LogP contribution in [0.1, 0.15) is 24.3 Å². The molecule has 16 heavy (non-hydrogen) atoms. The molecule has 0 spiro atoms. The third kappa shape index (κ3) is 2.18. The van der Waals surface area contributed by atoms with E-state index in [0.717, 1.165) is 18.1 Å². The van der Waals surface area contributed by atoms with Gasteiger partial charge < -0.3 is 10.3 Å². The van der Waals surface area contributed by atoms with E-state index in [9.17, 15) is 0 Å². The van der Waals surface area contributed by atoms with E-state index in [4.69, 9.17) is 5.73 Å². The van der Waals surface area contributed by atoms with Gasteiger partial charge in [0.15, 0.2) is 0 Å². The summed E-state index contributed by atoms with van der Waals surface area (Å²) in [4.78, 5) is 12.7. The predicted molar refractivity (Wildman–Crippen MR) is 61.9 cm³/mol. The molecule has 0 aliphatic carbocycles. The zero-order valence-corrected chi connectivity index (χ0v) is 9.51. The second-order valence-corrected chi connectivity index (χ2v) is 3.64. The van der Waals surface area contributed by atoms with Gasteiger partial charge in [0, 0.05) is 31.4 Å². The van der Waals surface area contributed by atoms with Gasteiger partial charge in [-0.3, -0.25) is 0 Å². The van der Waals surface area contributed by atoms with Gasteiger partial charge in [-0.05, 0) is 13.8 Å². The number of imidazole rings is 1. The average Bonchev–Trinajstić information content (AvgIpc) is 2.63. The lowest BCUT2D eigenvalue weighted by molar-refractivity contribution is 0.707. The SMILES string of the molecule is CCn1ccnc1Cc1cc(N)nc(C)n1. The zero-order chi connectivity index (χ0) is 11.5. The molecule has 0 aromatic carbocycles. The molecule has 0 bridgehead atoms. The van der Waals surface area contributed by atoms with Crippen molar-refractivity contribution >= 4 is 5.82 Å². The van der Waals surface area contributed by atoms with Crippen LogP contribution in [-0.2, 0) is 13.0 Å². The van der Waals surface area contributed by atoms with Gasteiger partial charge in [0.2, 0.25) is 0 Å². The molecule has 0 fully saturated rings. The summed E-state index contributed by atoms with van der Waals surface area (Å²) in [7, 11) is 0. The van der Waals surface area contributed by atoms with Gasteiger partial charge in [-0.25, -0.2) is 15.0 Å². The molecule has 2 N–H and O–H groups in total. The van der Waals surface area contributed by atoms with Crippen molar-refractivity contribution in [1.29, 1.82) is 0 Å². The first-order valence-corrected chi connectivity index (χ1v) is 5.29. The Hall–Kier alpha value is -1.91. The van der Waals surface area contributed by atoms with Crippen LogP contribution in [0.3, 0.4) is 0 Å². The Kier molecular flexibility index (Phi) is 2.85. The highest BCUT2D eigenvalue weighted by molar-refractivity contribution is 5.30. The minimum Gasteiger partial charge on any atom is -0.384 e. The van der Waals surface area contributed by atoms with Gasteiger partial charge in [-0.1, -0.05) is 0 Å². The van der Waals surface area contributed by atoms with Gasteiger partial charge >= 0.3 is 0 Å². The summed E-state index contributed by atoms with van der Waals surface area (Å²) < 4.78 is 2.09. The van der Waals surface area contributed by atoms with Crippen LogP contribution in [0.2, 0.25) is 0 Å². The highest BCUT2D eigenvalue weighted by Crippen LogP contribution is 2.08. The first kappa shape index (κ1) is 10.6. The lowest BCUT2D eigenvalue weighted by atomic mass is 10.2. The molecule has 2 rings (SSSR count). The third-order valence-corrected chi connectivity index (χ3v) is 2.39. The smallest absolute Gasteiger partial charge is 0.127 e. The summed E-state index contributed by atoms with van der Waals surface area (Å²) in [5, 5.41) is 0. The first-order valence-electron chi connectivity index (χ1n) is 5.29. The van der Waals surface area contributed by atoms with Gasteiger partial charge in [-0.2, -0.15) is 0 Å². The van der Waals surface area contributed by atoms with Gasteiger partial charge in [0.1, 0.15) is 17.5 Å². The van der Waals surface area contributed by atoms with Crippen LogP contribution in [0.5, 0.6) is 0 Å². The molecular weight excluding hydrogens is 202 g/mol. The highest BCUT2D eigenvalue weighted by Gasteiger charge is 2.05. The van der Waals surface area contributed by atoms with E-state index >= 15 is 0 Å². The summed E-state index contributed by atoms with van der Waals surface area (Å²) in [6.45, 7) is 4.84. The molecule has 0 aliphatic rings. The highest BCUT2D eigenvalue weighted by atomic mass is 15.1. The number of aromatic nitrogens is 4. The van der Waals surface area contributed by atoms with Crippen molar-refractivity contribution in [3.63, 3.8) is 0 Å². The molecular formula is C11H15N5. The predicted octanol–water partition coefficient (Wildman–Crippen LogP) is 1.17. The number of hydrogen-bond acceptors (Lipinski definition) is 4. The fourth-order valence-corrected chi connectivity index (χ4v) is 1.70. The van der Waals surface area contributed by atoms with Crippen LogP contribution in [0.15, 0.2) is 18.5 Å². The van der Waals surface area contributed by atoms with Gasteiger partial charge in [0.05, 0.1) is 5.69 Å². The fraction of sp³-hybridized carbons (Fsp3) is 0.364. The van der Waals surface area contributed by atoms with Crippen molar-refractivity contribution in [3.8, 4) is 0 Å². The quantitative estimate of drug-likeness (QED) is 0.838. The van der Waals surface area contributed by atoms with Crippen molar-refractivity contribution in [3.05, 3.63) is 35.8 Å². The van der Waals surface area contributed by atoms with Crippen LogP contribution in [0.25, 0.3) is 0 Å². The standard InChI is InChI=1S/C11H15N5/c1-3-16-5-4-13-11(16)7-9-6-10(12)15-8(2)14-9/h4-6H,3,7H2,1-2H3,(H2,12,14,15). The van der Waals surface area contributed by atoms with Crippen molar-refractivity contribution in [1.82, 2.24) is 19.5 Å². The second kappa shape index (κ2) is 4.30. The van der Waals surface area contributed by atoms with Crippen molar-refractivity contribution < 1.29 is 0 Å². The Morgan fingerprint density at radius 3 is 2.88 bits per heavy atom. The molecule has 5 nitrogen and oxygen atoms in total. The third-order valence-electron chi connectivity index (χ3n) is 2.39. The number of nitrogens with zero attached hydrogens (tertiary/aromatic N) is 4. The van der Waals surface area contributed by atoms with E-state index < -0.39 is 0 Å². The van der Waals surface area contributed by atoms with E-state index in [1.807, 2.05) is 13.1 Å². The number of anilines is 1. The lowest BCUT2D eigenvalue weighted by Crippen LogP contribution is -2.05. The van der Waals surface area contributed by atoms with Crippen LogP contribution in [0.4, 0.5) is 5.82 Å². The molecule has 2 heterocycles. The van der Waals surface area contributed by atoms with Crippen molar-refractivity contribution in [2.45, 2.75) is 26.8 Å². The minimum atomic E-state index is 0.511. The Labute approximate surface area is 94.4 Å². The molecule has 0 saturated heterocycles. The summed E-state index contributed by atoms with van der Waals surface area (Å²) in [5.74, 6) is 2.21. The monoisotopic (exact) mass is 217 g/mol. The molecule has 5 heteroatoms. The molecule has 0 unspecified atom stereocenters. The number of nitrogen functional groups attached to an aromatic ring is 1. The van der Waals surface area contributed by atoms with E-state index in [0.29, 0.717) is 18.1 Å².